The molecule has 1 aliphatic rings. The van der Waals surface area contributed by atoms with E-state index in [0.717, 1.165) is 19.6 Å². The number of hydrogen-bond donors (Lipinski definition) is 2. The zero-order chi connectivity index (χ0) is 11.7. The lowest BCUT2D eigenvalue weighted by atomic mass is 10.1. The number of ether oxygens (including phenoxy) is 1. The molecule has 0 amide bonds. The highest BCUT2D eigenvalue weighted by molar-refractivity contribution is 5.83. The molecule has 2 N–H and O–H groups in total. The number of benzene rings is 1. The fourth-order valence-corrected chi connectivity index (χ4v) is 2.42. The van der Waals surface area contributed by atoms with Crippen molar-refractivity contribution in [3.8, 4) is 0 Å². The van der Waals surface area contributed by atoms with E-state index in [2.05, 4.69) is 47.7 Å². The quantitative estimate of drug-likeness (QED) is 0.844. The summed E-state index contributed by atoms with van der Waals surface area (Å²) in [6, 6.07) is 9.50. The molecular weight excluding hydrogens is 212 g/mol. The average molecular weight is 230 g/mol. The molecule has 90 valence electrons. The first-order chi connectivity index (χ1) is 8.33. The molecule has 0 bridgehead atoms. The van der Waals surface area contributed by atoms with Gasteiger partial charge in [-0.05, 0) is 25.0 Å². The minimum atomic E-state index is 0.489. The van der Waals surface area contributed by atoms with Gasteiger partial charge in [0.25, 0.3) is 0 Å². The van der Waals surface area contributed by atoms with Crippen molar-refractivity contribution in [3.05, 3.63) is 36.0 Å². The van der Waals surface area contributed by atoms with Crippen LogP contribution >= 0.6 is 0 Å². The van der Waals surface area contributed by atoms with Crippen LogP contribution in [0.2, 0.25) is 0 Å². The second-order valence-electron chi connectivity index (χ2n) is 4.87. The monoisotopic (exact) mass is 230 g/mol. The summed E-state index contributed by atoms with van der Waals surface area (Å²) in [5.41, 5.74) is 2.61. The molecule has 1 saturated heterocycles. The molecular formula is C14H18N2O. The predicted molar refractivity (Wildman–Crippen MR) is 69.2 cm³/mol. The largest absolute Gasteiger partial charge is 0.378 e. The van der Waals surface area contributed by atoms with E-state index in [1.807, 2.05) is 0 Å². The van der Waals surface area contributed by atoms with Crippen LogP contribution in [0.15, 0.2) is 30.5 Å². The highest BCUT2D eigenvalue weighted by Crippen LogP contribution is 2.19. The van der Waals surface area contributed by atoms with Gasteiger partial charge in [0.05, 0.1) is 19.3 Å². The fraction of sp³-hybridized carbons (Fsp3) is 0.429. The van der Waals surface area contributed by atoms with Crippen molar-refractivity contribution in [1.29, 1.82) is 0 Å². The van der Waals surface area contributed by atoms with Gasteiger partial charge in [-0.3, -0.25) is 0 Å². The molecule has 0 radical (unpaired) electrons. The molecule has 3 heteroatoms. The minimum absolute atomic E-state index is 0.489. The van der Waals surface area contributed by atoms with Gasteiger partial charge in [0.15, 0.2) is 0 Å². The Hall–Kier alpha value is -1.32. The van der Waals surface area contributed by atoms with E-state index in [1.54, 1.807) is 0 Å². The topological polar surface area (TPSA) is 37.0 Å². The van der Waals surface area contributed by atoms with Crippen LogP contribution in [-0.2, 0) is 11.2 Å². The molecule has 1 aliphatic heterocycles. The molecule has 3 rings (SSSR count). The summed E-state index contributed by atoms with van der Waals surface area (Å²) in [6.45, 7) is 3.95. The van der Waals surface area contributed by atoms with E-state index < -0.39 is 0 Å². The van der Waals surface area contributed by atoms with Crippen LogP contribution in [0.1, 0.15) is 12.5 Å². The van der Waals surface area contributed by atoms with Gasteiger partial charge in [0, 0.05) is 23.1 Å². The number of fused-ring (bicyclic) bond motifs is 1. The first-order valence-electron chi connectivity index (χ1n) is 6.22. The van der Waals surface area contributed by atoms with Gasteiger partial charge in [-0.1, -0.05) is 18.2 Å². The lowest BCUT2D eigenvalue weighted by molar-refractivity contribution is -0.00907. The summed E-state index contributed by atoms with van der Waals surface area (Å²) >= 11 is 0. The van der Waals surface area contributed by atoms with E-state index in [9.17, 15) is 0 Å². The Morgan fingerprint density at radius 1 is 1.41 bits per heavy atom. The third-order valence-electron chi connectivity index (χ3n) is 3.36. The predicted octanol–water partition coefficient (Wildman–Crippen LogP) is 2.09. The van der Waals surface area contributed by atoms with Gasteiger partial charge >= 0.3 is 0 Å². The summed E-state index contributed by atoms with van der Waals surface area (Å²) in [5, 5.41) is 4.92. The van der Waals surface area contributed by atoms with Crippen LogP contribution < -0.4 is 5.32 Å². The summed E-state index contributed by atoms with van der Waals surface area (Å²) in [6.07, 6.45) is 3.18. The van der Waals surface area contributed by atoms with Crippen LogP contribution in [0.25, 0.3) is 10.9 Å². The summed E-state index contributed by atoms with van der Waals surface area (Å²) in [5.74, 6) is 0. The van der Waals surface area contributed by atoms with Crippen molar-refractivity contribution in [2.75, 3.05) is 13.2 Å². The molecule has 0 saturated carbocycles. The molecule has 1 aromatic carbocycles. The zero-order valence-corrected chi connectivity index (χ0v) is 10.1. The maximum Gasteiger partial charge on any atom is 0.0643 e. The van der Waals surface area contributed by atoms with Gasteiger partial charge in [-0.15, -0.1) is 0 Å². The van der Waals surface area contributed by atoms with Crippen LogP contribution in [0.4, 0.5) is 0 Å². The standard InChI is InChI=1S/C14H18N2O/c1-10(16-12-8-17-9-12)6-11-7-15-14-5-3-2-4-13(11)14/h2-5,7,10,12,15-16H,6,8-9H2,1H3/t10-/m1/s1. The van der Waals surface area contributed by atoms with E-state index in [1.165, 1.54) is 16.5 Å². The van der Waals surface area contributed by atoms with Gasteiger partial charge in [0.2, 0.25) is 0 Å². The Balaban J connectivity index is 1.71. The number of rotatable bonds is 4. The zero-order valence-electron chi connectivity index (χ0n) is 10.1. The first kappa shape index (κ1) is 10.8. The lowest BCUT2D eigenvalue weighted by Gasteiger charge is -2.30. The lowest BCUT2D eigenvalue weighted by Crippen LogP contribution is -2.50. The van der Waals surface area contributed by atoms with Crippen molar-refractivity contribution in [1.82, 2.24) is 10.3 Å². The van der Waals surface area contributed by atoms with E-state index in [-0.39, 0.29) is 0 Å². The number of aromatic amines is 1. The summed E-state index contributed by atoms with van der Waals surface area (Å²) in [4.78, 5) is 3.32. The first-order valence-corrected chi connectivity index (χ1v) is 6.22. The number of hydrogen-bond acceptors (Lipinski definition) is 2. The Morgan fingerprint density at radius 2 is 2.24 bits per heavy atom. The molecule has 0 aliphatic carbocycles. The van der Waals surface area contributed by atoms with Crippen LogP contribution in [0.3, 0.4) is 0 Å². The van der Waals surface area contributed by atoms with Crippen molar-refractivity contribution in [3.63, 3.8) is 0 Å². The van der Waals surface area contributed by atoms with E-state index >= 15 is 0 Å². The molecule has 1 atom stereocenters. The maximum atomic E-state index is 5.17. The Morgan fingerprint density at radius 3 is 3.00 bits per heavy atom. The SMILES string of the molecule is C[C@H](Cc1c[nH]c2ccccc12)NC1COC1. The van der Waals surface area contributed by atoms with Crippen molar-refractivity contribution in [2.24, 2.45) is 0 Å². The molecule has 3 nitrogen and oxygen atoms in total. The highest BCUT2D eigenvalue weighted by atomic mass is 16.5. The molecule has 0 unspecified atom stereocenters. The molecule has 1 fully saturated rings. The molecule has 2 heterocycles. The Kier molecular flexibility index (Phi) is 2.87. The minimum Gasteiger partial charge on any atom is -0.378 e. The number of aromatic nitrogens is 1. The third kappa shape index (κ3) is 2.21. The van der Waals surface area contributed by atoms with Crippen LogP contribution in [0.5, 0.6) is 0 Å². The van der Waals surface area contributed by atoms with Crippen LogP contribution in [0, 0.1) is 0 Å². The van der Waals surface area contributed by atoms with Gasteiger partial charge in [-0.25, -0.2) is 0 Å². The summed E-state index contributed by atoms with van der Waals surface area (Å²) in [7, 11) is 0. The van der Waals surface area contributed by atoms with Gasteiger partial charge < -0.3 is 15.0 Å². The van der Waals surface area contributed by atoms with Gasteiger partial charge in [0.1, 0.15) is 0 Å². The van der Waals surface area contributed by atoms with E-state index in [0.29, 0.717) is 12.1 Å². The van der Waals surface area contributed by atoms with Crippen molar-refractivity contribution in [2.45, 2.75) is 25.4 Å². The number of nitrogens with one attached hydrogen (secondary N) is 2. The van der Waals surface area contributed by atoms with Crippen molar-refractivity contribution >= 4 is 10.9 Å². The average Bonchev–Trinajstić information content (AvgIpc) is 2.68. The van der Waals surface area contributed by atoms with Crippen LogP contribution in [-0.4, -0.2) is 30.3 Å². The van der Waals surface area contributed by atoms with Crippen molar-refractivity contribution < 1.29 is 4.74 Å². The maximum absolute atomic E-state index is 5.17. The second kappa shape index (κ2) is 4.51. The highest BCUT2D eigenvalue weighted by Gasteiger charge is 2.20. The normalized spacial score (nSPS) is 18.2. The Bertz CT molecular complexity index is 502. The van der Waals surface area contributed by atoms with Gasteiger partial charge in [-0.2, -0.15) is 0 Å². The third-order valence-corrected chi connectivity index (χ3v) is 3.36. The van der Waals surface area contributed by atoms with E-state index in [4.69, 9.17) is 4.74 Å². The molecule has 17 heavy (non-hydrogen) atoms. The second-order valence-corrected chi connectivity index (χ2v) is 4.87. The molecule has 2 aromatic rings. The molecule has 0 spiro atoms. The number of H-pyrrole nitrogens is 1. The smallest absolute Gasteiger partial charge is 0.0643 e. The molecule has 1 aromatic heterocycles. The summed E-state index contributed by atoms with van der Waals surface area (Å²) < 4.78 is 5.17. The fourth-order valence-electron chi connectivity index (χ4n) is 2.42. The Labute approximate surface area is 101 Å². The number of para-hydroxylation sites is 1.